The van der Waals surface area contributed by atoms with Crippen LogP contribution in [0.1, 0.15) is 25.0 Å². The van der Waals surface area contributed by atoms with Crippen LogP contribution in [0.25, 0.3) is 0 Å². The molecule has 0 bridgehead atoms. The summed E-state index contributed by atoms with van der Waals surface area (Å²) in [4.78, 5) is 0.440. The van der Waals surface area contributed by atoms with E-state index >= 15 is 0 Å². The van der Waals surface area contributed by atoms with Crippen LogP contribution in [0.3, 0.4) is 0 Å². The maximum atomic E-state index is 11.6. The second kappa shape index (κ2) is 4.13. The molecule has 1 rings (SSSR count). The number of hydrogen-bond acceptors (Lipinski definition) is 2. The van der Waals surface area contributed by atoms with E-state index in [1.165, 1.54) is 5.56 Å². The highest BCUT2D eigenvalue weighted by atomic mass is 32.2. The Morgan fingerprint density at radius 2 is 1.86 bits per heavy atom. The molecule has 0 saturated carbocycles. The summed E-state index contributed by atoms with van der Waals surface area (Å²) >= 11 is 0. The number of sulfone groups is 1. The Morgan fingerprint density at radius 3 is 2.29 bits per heavy atom. The molecule has 0 radical (unpaired) electrons. The lowest BCUT2D eigenvalue weighted by molar-refractivity contribution is 0.597. The van der Waals surface area contributed by atoms with Crippen molar-refractivity contribution in [1.29, 1.82) is 0 Å². The van der Waals surface area contributed by atoms with Gasteiger partial charge in [-0.1, -0.05) is 19.9 Å². The fourth-order valence-corrected chi connectivity index (χ4v) is 2.39. The first-order valence-corrected chi connectivity index (χ1v) is 6.48. The van der Waals surface area contributed by atoms with Gasteiger partial charge >= 0.3 is 0 Å². The third kappa shape index (κ3) is 2.15. The molecule has 0 aliphatic carbocycles. The molecule has 0 unspecified atom stereocenters. The molecule has 0 saturated heterocycles. The molecular formula is C11H16O2S. The minimum atomic E-state index is -3.05. The smallest absolute Gasteiger partial charge is 0.178 e. The zero-order chi connectivity index (χ0) is 10.8. The molecule has 0 atom stereocenters. The first-order chi connectivity index (χ1) is 6.51. The lowest BCUT2D eigenvalue weighted by atomic mass is 10.1. The predicted octanol–water partition coefficient (Wildman–Crippen LogP) is 2.35. The lowest BCUT2D eigenvalue weighted by Gasteiger charge is -2.06. The van der Waals surface area contributed by atoms with Crippen LogP contribution in [0.15, 0.2) is 23.1 Å². The number of hydrogen-bond donors (Lipinski definition) is 0. The van der Waals surface area contributed by atoms with Gasteiger partial charge in [0, 0.05) is 0 Å². The van der Waals surface area contributed by atoms with Crippen LogP contribution in [0.5, 0.6) is 0 Å². The molecule has 1 aromatic carbocycles. The Hall–Kier alpha value is -0.830. The summed E-state index contributed by atoms with van der Waals surface area (Å²) in [6.07, 6.45) is 0.943. The molecule has 0 heterocycles. The topological polar surface area (TPSA) is 34.1 Å². The Kier molecular flexibility index (Phi) is 3.32. The first kappa shape index (κ1) is 11.2. The maximum absolute atomic E-state index is 11.6. The largest absolute Gasteiger partial charge is 0.224 e. The van der Waals surface area contributed by atoms with E-state index in [1.54, 1.807) is 19.1 Å². The van der Waals surface area contributed by atoms with Crippen LogP contribution in [-0.4, -0.2) is 14.2 Å². The molecule has 2 nitrogen and oxygen atoms in total. The Bertz CT molecular complexity index is 419. The first-order valence-electron chi connectivity index (χ1n) is 4.83. The highest BCUT2D eigenvalue weighted by Crippen LogP contribution is 2.16. The lowest BCUT2D eigenvalue weighted by Crippen LogP contribution is -2.04. The van der Waals surface area contributed by atoms with Crippen molar-refractivity contribution < 1.29 is 8.42 Å². The summed E-state index contributed by atoms with van der Waals surface area (Å²) in [7, 11) is -3.05. The van der Waals surface area contributed by atoms with Gasteiger partial charge < -0.3 is 0 Å². The SMILES string of the molecule is CCc1ccc(S(=O)(=O)CC)cc1C. The van der Waals surface area contributed by atoms with Gasteiger partial charge in [-0.25, -0.2) is 8.42 Å². The van der Waals surface area contributed by atoms with Crippen molar-refractivity contribution in [3.05, 3.63) is 29.3 Å². The summed E-state index contributed by atoms with van der Waals surface area (Å²) in [6.45, 7) is 5.68. The van der Waals surface area contributed by atoms with Crippen molar-refractivity contribution in [2.75, 3.05) is 5.75 Å². The van der Waals surface area contributed by atoms with Crippen LogP contribution in [0, 0.1) is 6.92 Å². The molecule has 1 aromatic rings. The van der Waals surface area contributed by atoms with Gasteiger partial charge in [0.05, 0.1) is 10.6 Å². The van der Waals surface area contributed by atoms with Gasteiger partial charge in [0.15, 0.2) is 9.84 Å². The summed E-state index contributed by atoms with van der Waals surface area (Å²) in [5, 5.41) is 0. The van der Waals surface area contributed by atoms with Crippen molar-refractivity contribution in [1.82, 2.24) is 0 Å². The molecule has 14 heavy (non-hydrogen) atoms. The second-order valence-electron chi connectivity index (χ2n) is 3.35. The van der Waals surface area contributed by atoms with Gasteiger partial charge in [-0.05, 0) is 36.6 Å². The molecule has 0 aliphatic rings. The minimum Gasteiger partial charge on any atom is -0.224 e. The van der Waals surface area contributed by atoms with E-state index in [1.807, 2.05) is 13.0 Å². The van der Waals surface area contributed by atoms with Crippen LogP contribution >= 0.6 is 0 Å². The van der Waals surface area contributed by atoms with Crippen molar-refractivity contribution >= 4 is 9.84 Å². The third-order valence-corrected chi connectivity index (χ3v) is 4.17. The minimum absolute atomic E-state index is 0.165. The maximum Gasteiger partial charge on any atom is 0.178 e. The molecule has 0 aromatic heterocycles. The summed E-state index contributed by atoms with van der Waals surface area (Å²) in [5.41, 5.74) is 2.27. The Morgan fingerprint density at radius 1 is 1.21 bits per heavy atom. The van der Waals surface area contributed by atoms with Gasteiger partial charge in [-0.2, -0.15) is 0 Å². The van der Waals surface area contributed by atoms with Crippen LogP contribution in [0.4, 0.5) is 0 Å². The summed E-state index contributed by atoms with van der Waals surface area (Å²) in [5.74, 6) is 0.165. The molecule has 0 fully saturated rings. The van der Waals surface area contributed by atoms with E-state index in [4.69, 9.17) is 0 Å². The monoisotopic (exact) mass is 212 g/mol. The quantitative estimate of drug-likeness (QED) is 0.770. The number of rotatable bonds is 3. The molecule has 0 aliphatic heterocycles. The molecule has 3 heteroatoms. The van der Waals surface area contributed by atoms with Gasteiger partial charge in [0.2, 0.25) is 0 Å². The van der Waals surface area contributed by atoms with Gasteiger partial charge in [0.25, 0.3) is 0 Å². The predicted molar refractivity (Wildman–Crippen MR) is 58.3 cm³/mol. The third-order valence-electron chi connectivity index (χ3n) is 2.43. The van der Waals surface area contributed by atoms with Gasteiger partial charge in [-0.15, -0.1) is 0 Å². The highest BCUT2D eigenvalue weighted by Gasteiger charge is 2.11. The zero-order valence-corrected chi connectivity index (χ0v) is 9.69. The summed E-state index contributed by atoms with van der Waals surface area (Å²) < 4.78 is 23.1. The molecule has 0 amide bonds. The number of benzene rings is 1. The standard InChI is InChI=1S/C11H16O2S/c1-4-10-6-7-11(8-9(10)3)14(12,13)5-2/h6-8H,4-5H2,1-3H3. The van der Waals surface area contributed by atoms with E-state index in [0.29, 0.717) is 4.90 Å². The molecule has 0 N–H and O–H groups in total. The van der Waals surface area contributed by atoms with Crippen LogP contribution in [-0.2, 0) is 16.3 Å². The van der Waals surface area contributed by atoms with Crippen LogP contribution in [0.2, 0.25) is 0 Å². The summed E-state index contributed by atoms with van der Waals surface area (Å²) in [6, 6.07) is 5.36. The van der Waals surface area contributed by atoms with Crippen molar-refractivity contribution in [3.8, 4) is 0 Å². The fraction of sp³-hybridized carbons (Fsp3) is 0.455. The Balaban J connectivity index is 3.22. The van der Waals surface area contributed by atoms with Gasteiger partial charge in [0.1, 0.15) is 0 Å². The van der Waals surface area contributed by atoms with Crippen molar-refractivity contribution in [2.45, 2.75) is 32.1 Å². The normalized spacial score (nSPS) is 11.6. The highest BCUT2D eigenvalue weighted by molar-refractivity contribution is 7.91. The van der Waals surface area contributed by atoms with E-state index in [-0.39, 0.29) is 5.75 Å². The molecule has 0 spiro atoms. The van der Waals surface area contributed by atoms with Gasteiger partial charge in [-0.3, -0.25) is 0 Å². The van der Waals surface area contributed by atoms with Crippen LogP contribution < -0.4 is 0 Å². The number of aryl methyl sites for hydroxylation is 2. The molecular weight excluding hydrogens is 196 g/mol. The zero-order valence-electron chi connectivity index (χ0n) is 8.87. The van der Waals surface area contributed by atoms with E-state index in [2.05, 4.69) is 6.92 Å². The molecule has 78 valence electrons. The van der Waals surface area contributed by atoms with Crippen molar-refractivity contribution in [2.24, 2.45) is 0 Å². The average molecular weight is 212 g/mol. The fourth-order valence-electron chi connectivity index (χ4n) is 1.43. The van der Waals surface area contributed by atoms with E-state index < -0.39 is 9.84 Å². The second-order valence-corrected chi connectivity index (χ2v) is 5.62. The van der Waals surface area contributed by atoms with E-state index in [9.17, 15) is 8.42 Å². The van der Waals surface area contributed by atoms with E-state index in [0.717, 1.165) is 12.0 Å². The Labute approximate surface area is 85.9 Å². The van der Waals surface area contributed by atoms with Crippen molar-refractivity contribution in [3.63, 3.8) is 0 Å². The average Bonchev–Trinajstić information content (AvgIpc) is 2.17.